The van der Waals surface area contributed by atoms with Gasteiger partial charge in [0.1, 0.15) is 12.4 Å². The number of nitrogens with one attached hydrogen (secondary N) is 2. The molecular formula is C19H16BrN3O2. The number of ether oxygens (including phenoxy) is 1. The van der Waals surface area contributed by atoms with Crippen molar-refractivity contribution in [3.8, 4) is 5.75 Å². The van der Waals surface area contributed by atoms with E-state index in [-0.39, 0.29) is 5.91 Å². The molecule has 0 atom stereocenters. The number of amides is 1. The van der Waals surface area contributed by atoms with Crippen molar-refractivity contribution in [3.05, 3.63) is 76.9 Å². The summed E-state index contributed by atoms with van der Waals surface area (Å²) in [7, 11) is 0. The standard InChI is InChI=1S/C19H16BrN3O2/c1-2-9-25-16-6-3-13(4-7-16)19(24)23-22-12-14-11-21-18-8-5-15(20)10-17(14)18/h2-8,10-12,21H,1,9H2,(H,23,24). The molecule has 2 aromatic carbocycles. The molecule has 0 spiro atoms. The fraction of sp³-hybridized carbons (Fsp3) is 0.0526. The van der Waals surface area contributed by atoms with Gasteiger partial charge in [-0.3, -0.25) is 4.79 Å². The number of benzene rings is 2. The van der Waals surface area contributed by atoms with Crippen LogP contribution in [0.1, 0.15) is 15.9 Å². The zero-order chi connectivity index (χ0) is 17.6. The van der Waals surface area contributed by atoms with E-state index in [4.69, 9.17) is 4.74 Å². The molecule has 0 saturated carbocycles. The van der Waals surface area contributed by atoms with Gasteiger partial charge in [-0.1, -0.05) is 28.6 Å². The molecule has 0 radical (unpaired) electrons. The number of hydrogen-bond donors (Lipinski definition) is 2. The van der Waals surface area contributed by atoms with Gasteiger partial charge in [0.25, 0.3) is 5.91 Å². The number of carbonyl (C=O) groups is 1. The highest BCUT2D eigenvalue weighted by Gasteiger charge is 2.05. The Morgan fingerprint density at radius 1 is 1.28 bits per heavy atom. The van der Waals surface area contributed by atoms with Crippen LogP contribution in [0, 0.1) is 0 Å². The van der Waals surface area contributed by atoms with Crippen LogP contribution in [0.2, 0.25) is 0 Å². The first kappa shape index (κ1) is 17.0. The molecule has 0 aliphatic heterocycles. The predicted octanol–water partition coefficient (Wildman–Crippen LogP) is 4.26. The number of carbonyl (C=O) groups excluding carboxylic acids is 1. The van der Waals surface area contributed by atoms with Gasteiger partial charge in [0, 0.05) is 32.7 Å². The van der Waals surface area contributed by atoms with Crippen molar-refractivity contribution in [2.24, 2.45) is 5.10 Å². The zero-order valence-electron chi connectivity index (χ0n) is 13.3. The highest BCUT2D eigenvalue weighted by Crippen LogP contribution is 2.21. The third kappa shape index (κ3) is 4.16. The van der Waals surface area contributed by atoms with Crippen molar-refractivity contribution in [2.45, 2.75) is 0 Å². The van der Waals surface area contributed by atoms with Crippen LogP contribution < -0.4 is 10.2 Å². The summed E-state index contributed by atoms with van der Waals surface area (Å²) in [5, 5.41) is 5.06. The van der Waals surface area contributed by atoms with E-state index < -0.39 is 0 Å². The van der Waals surface area contributed by atoms with Crippen LogP contribution in [-0.2, 0) is 0 Å². The molecule has 0 aliphatic carbocycles. The number of H-pyrrole nitrogens is 1. The molecule has 3 rings (SSSR count). The van der Waals surface area contributed by atoms with Crippen LogP contribution >= 0.6 is 15.9 Å². The van der Waals surface area contributed by atoms with Crippen LogP contribution in [0.5, 0.6) is 5.75 Å². The lowest BCUT2D eigenvalue weighted by Gasteiger charge is -2.04. The number of hydrazone groups is 1. The lowest BCUT2D eigenvalue weighted by Crippen LogP contribution is -2.17. The second kappa shape index (κ2) is 7.81. The van der Waals surface area contributed by atoms with E-state index in [1.165, 1.54) is 0 Å². The van der Waals surface area contributed by atoms with Gasteiger partial charge in [-0.15, -0.1) is 0 Å². The fourth-order valence-electron chi connectivity index (χ4n) is 2.30. The van der Waals surface area contributed by atoms with Crippen molar-refractivity contribution < 1.29 is 9.53 Å². The van der Waals surface area contributed by atoms with Gasteiger partial charge in [-0.05, 0) is 42.5 Å². The van der Waals surface area contributed by atoms with Gasteiger partial charge in [-0.25, -0.2) is 5.43 Å². The first-order valence-corrected chi connectivity index (χ1v) is 8.40. The van der Waals surface area contributed by atoms with Gasteiger partial charge in [0.2, 0.25) is 0 Å². The van der Waals surface area contributed by atoms with Gasteiger partial charge in [-0.2, -0.15) is 5.10 Å². The minimum Gasteiger partial charge on any atom is -0.490 e. The lowest BCUT2D eigenvalue weighted by atomic mass is 10.2. The minimum absolute atomic E-state index is 0.285. The molecule has 0 bridgehead atoms. The van der Waals surface area contributed by atoms with Crippen molar-refractivity contribution in [1.29, 1.82) is 0 Å². The van der Waals surface area contributed by atoms with Crippen LogP contribution in [0.4, 0.5) is 0 Å². The molecular weight excluding hydrogens is 382 g/mol. The number of hydrogen-bond acceptors (Lipinski definition) is 3. The second-order valence-electron chi connectivity index (χ2n) is 5.26. The average molecular weight is 398 g/mol. The SMILES string of the molecule is C=CCOc1ccc(C(=O)NN=Cc2c[nH]c3ccc(Br)cc23)cc1. The summed E-state index contributed by atoms with van der Waals surface area (Å²) in [5.41, 5.74) is 4.93. The summed E-state index contributed by atoms with van der Waals surface area (Å²) in [6, 6.07) is 12.8. The smallest absolute Gasteiger partial charge is 0.271 e. The topological polar surface area (TPSA) is 66.5 Å². The monoisotopic (exact) mass is 397 g/mol. The number of aromatic nitrogens is 1. The number of rotatable bonds is 6. The second-order valence-corrected chi connectivity index (χ2v) is 6.17. The molecule has 5 nitrogen and oxygen atoms in total. The van der Waals surface area contributed by atoms with E-state index in [1.807, 2.05) is 24.4 Å². The molecule has 0 unspecified atom stereocenters. The van der Waals surface area contributed by atoms with Crippen LogP contribution in [0.3, 0.4) is 0 Å². The van der Waals surface area contributed by atoms with Gasteiger partial charge in [0.05, 0.1) is 6.21 Å². The molecule has 126 valence electrons. The summed E-state index contributed by atoms with van der Waals surface area (Å²) in [4.78, 5) is 15.3. The Balaban J connectivity index is 1.65. The number of nitrogens with zero attached hydrogens (tertiary/aromatic N) is 1. The Morgan fingerprint density at radius 2 is 2.08 bits per heavy atom. The highest BCUT2D eigenvalue weighted by molar-refractivity contribution is 9.10. The summed E-state index contributed by atoms with van der Waals surface area (Å²) in [5.74, 6) is 0.400. The molecule has 1 aromatic heterocycles. The number of halogens is 1. The Bertz CT molecular complexity index is 929. The van der Waals surface area contributed by atoms with Gasteiger partial charge < -0.3 is 9.72 Å². The summed E-state index contributed by atoms with van der Waals surface area (Å²) in [6.07, 6.45) is 5.13. The summed E-state index contributed by atoms with van der Waals surface area (Å²) >= 11 is 3.45. The van der Waals surface area contributed by atoms with E-state index >= 15 is 0 Å². The van der Waals surface area contributed by atoms with Crippen LogP contribution in [-0.4, -0.2) is 23.7 Å². The van der Waals surface area contributed by atoms with E-state index in [0.29, 0.717) is 17.9 Å². The largest absolute Gasteiger partial charge is 0.490 e. The highest BCUT2D eigenvalue weighted by atomic mass is 79.9. The lowest BCUT2D eigenvalue weighted by molar-refractivity contribution is 0.0955. The van der Waals surface area contributed by atoms with Crippen LogP contribution in [0.25, 0.3) is 10.9 Å². The molecule has 1 amide bonds. The molecule has 0 saturated heterocycles. The maximum absolute atomic E-state index is 12.1. The predicted molar refractivity (Wildman–Crippen MR) is 103 cm³/mol. The molecule has 25 heavy (non-hydrogen) atoms. The molecule has 6 heteroatoms. The maximum Gasteiger partial charge on any atom is 0.271 e. The third-order valence-corrected chi connectivity index (χ3v) is 4.02. The maximum atomic E-state index is 12.1. The normalized spacial score (nSPS) is 10.9. The van der Waals surface area contributed by atoms with Crippen molar-refractivity contribution >= 4 is 39.0 Å². The fourth-order valence-corrected chi connectivity index (χ4v) is 2.67. The Morgan fingerprint density at radius 3 is 2.84 bits per heavy atom. The summed E-state index contributed by atoms with van der Waals surface area (Å²) < 4.78 is 6.37. The molecule has 3 aromatic rings. The summed E-state index contributed by atoms with van der Waals surface area (Å²) in [6.45, 7) is 4.02. The van der Waals surface area contributed by atoms with Crippen molar-refractivity contribution in [2.75, 3.05) is 6.61 Å². The molecule has 0 fully saturated rings. The molecule has 2 N–H and O–H groups in total. The molecule has 1 heterocycles. The minimum atomic E-state index is -0.285. The van der Waals surface area contributed by atoms with E-state index in [1.54, 1.807) is 36.6 Å². The van der Waals surface area contributed by atoms with E-state index in [9.17, 15) is 4.79 Å². The van der Waals surface area contributed by atoms with Gasteiger partial charge in [0.15, 0.2) is 0 Å². The zero-order valence-corrected chi connectivity index (χ0v) is 14.9. The Hall–Kier alpha value is -2.86. The first-order valence-electron chi connectivity index (χ1n) is 7.61. The van der Waals surface area contributed by atoms with Gasteiger partial charge >= 0.3 is 0 Å². The van der Waals surface area contributed by atoms with Crippen LogP contribution in [0.15, 0.2) is 70.9 Å². The number of fused-ring (bicyclic) bond motifs is 1. The van der Waals surface area contributed by atoms with E-state index in [0.717, 1.165) is 20.9 Å². The Kier molecular flexibility index (Phi) is 5.30. The van der Waals surface area contributed by atoms with Crippen molar-refractivity contribution in [3.63, 3.8) is 0 Å². The average Bonchev–Trinajstić information content (AvgIpc) is 3.02. The van der Waals surface area contributed by atoms with E-state index in [2.05, 4.69) is 38.0 Å². The third-order valence-electron chi connectivity index (χ3n) is 3.53. The number of aromatic amines is 1. The first-order chi connectivity index (χ1) is 12.2. The molecule has 0 aliphatic rings. The Labute approximate surface area is 153 Å². The quantitative estimate of drug-likeness (QED) is 0.370. The van der Waals surface area contributed by atoms with Crippen molar-refractivity contribution in [1.82, 2.24) is 10.4 Å².